The highest BCUT2D eigenvalue weighted by molar-refractivity contribution is 5.92. The number of rotatable bonds is 5. The molecule has 0 unspecified atom stereocenters. The highest BCUT2D eigenvalue weighted by Gasteiger charge is 2.31. The van der Waals surface area contributed by atoms with Crippen molar-refractivity contribution in [2.24, 2.45) is 0 Å². The molecule has 3 amide bonds. The zero-order chi connectivity index (χ0) is 19.3. The van der Waals surface area contributed by atoms with E-state index in [0.29, 0.717) is 26.2 Å². The molecule has 1 aliphatic heterocycles. The molecule has 0 atom stereocenters. The van der Waals surface area contributed by atoms with Crippen LogP contribution in [0.5, 0.6) is 0 Å². The second kappa shape index (κ2) is 8.20. The number of benzene rings is 1. The van der Waals surface area contributed by atoms with Crippen LogP contribution in [-0.2, 0) is 20.6 Å². The molecule has 0 aliphatic carbocycles. The Morgan fingerprint density at radius 2 is 1.85 bits per heavy atom. The van der Waals surface area contributed by atoms with E-state index < -0.39 is 17.6 Å². The summed E-state index contributed by atoms with van der Waals surface area (Å²) in [7, 11) is 0. The van der Waals surface area contributed by atoms with Gasteiger partial charge in [-0.05, 0) is 18.2 Å². The maximum absolute atomic E-state index is 12.9. The van der Waals surface area contributed by atoms with Gasteiger partial charge in [0.05, 0.1) is 5.56 Å². The predicted octanol–water partition coefficient (Wildman–Crippen LogP) is 1.75. The number of alkyl halides is 3. The number of nitrogens with zero attached hydrogens (tertiary/aromatic N) is 3. The molecule has 26 heavy (non-hydrogen) atoms. The molecular weight excluding hydrogens is 351 g/mol. The summed E-state index contributed by atoms with van der Waals surface area (Å²) in [6, 6.07) is 4.47. The largest absolute Gasteiger partial charge is 0.416 e. The van der Waals surface area contributed by atoms with Gasteiger partial charge in [0, 0.05) is 51.8 Å². The maximum atomic E-state index is 12.9. The molecule has 0 aromatic heterocycles. The van der Waals surface area contributed by atoms with Gasteiger partial charge in [-0.3, -0.25) is 14.4 Å². The van der Waals surface area contributed by atoms with Crippen molar-refractivity contribution in [1.82, 2.24) is 9.80 Å². The maximum Gasteiger partial charge on any atom is 0.416 e. The van der Waals surface area contributed by atoms with Crippen LogP contribution in [0.1, 0.15) is 18.9 Å². The summed E-state index contributed by atoms with van der Waals surface area (Å²) in [5.41, 5.74) is -0.747. The Kier molecular flexibility index (Phi) is 6.23. The lowest BCUT2D eigenvalue weighted by Gasteiger charge is -2.33. The summed E-state index contributed by atoms with van der Waals surface area (Å²) in [5, 5.41) is 0. The van der Waals surface area contributed by atoms with Gasteiger partial charge in [0.15, 0.2) is 0 Å². The lowest BCUT2D eigenvalue weighted by atomic mass is 10.1. The van der Waals surface area contributed by atoms with E-state index in [-0.39, 0.29) is 24.6 Å². The van der Waals surface area contributed by atoms with Crippen molar-refractivity contribution in [2.75, 3.05) is 37.6 Å². The lowest BCUT2D eigenvalue weighted by Crippen LogP contribution is -2.48. The lowest BCUT2D eigenvalue weighted by molar-refractivity contribution is -0.137. The van der Waals surface area contributed by atoms with Gasteiger partial charge in [0.1, 0.15) is 0 Å². The highest BCUT2D eigenvalue weighted by atomic mass is 19.4. The van der Waals surface area contributed by atoms with Crippen LogP contribution in [-0.4, -0.2) is 60.7 Å². The molecule has 1 saturated heterocycles. The van der Waals surface area contributed by atoms with Crippen LogP contribution >= 0.6 is 0 Å². The number of carbonyl (C=O) groups is 3. The first-order valence-electron chi connectivity index (χ1n) is 8.15. The van der Waals surface area contributed by atoms with E-state index in [1.54, 1.807) is 9.80 Å². The SMILES string of the molecule is CC(=O)N(CCC(=O)N1CCN(C=O)CC1)c1cccc(C(F)(F)F)c1. The number of hydrogen-bond acceptors (Lipinski definition) is 3. The van der Waals surface area contributed by atoms with E-state index in [2.05, 4.69) is 0 Å². The fraction of sp³-hybridized carbons (Fsp3) is 0.471. The van der Waals surface area contributed by atoms with Crippen molar-refractivity contribution in [2.45, 2.75) is 19.5 Å². The third-order valence-electron chi connectivity index (χ3n) is 4.23. The van der Waals surface area contributed by atoms with E-state index in [1.165, 1.54) is 19.1 Å². The molecule has 0 saturated carbocycles. The highest BCUT2D eigenvalue weighted by Crippen LogP contribution is 2.31. The fourth-order valence-corrected chi connectivity index (χ4v) is 2.76. The minimum Gasteiger partial charge on any atom is -0.342 e. The van der Waals surface area contributed by atoms with Gasteiger partial charge in [0.25, 0.3) is 0 Å². The Bertz CT molecular complexity index is 671. The standard InChI is InChI=1S/C17H20F3N3O3/c1-13(25)23(15-4-2-3-14(11-15)17(18,19)20)6-5-16(26)22-9-7-21(12-24)8-10-22/h2-4,11-12H,5-10H2,1H3. The van der Waals surface area contributed by atoms with Crippen molar-refractivity contribution in [1.29, 1.82) is 0 Å². The molecule has 1 aliphatic rings. The van der Waals surface area contributed by atoms with Gasteiger partial charge >= 0.3 is 6.18 Å². The normalized spacial score (nSPS) is 14.9. The molecular formula is C17H20F3N3O3. The van der Waals surface area contributed by atoms with Crippen LogP contribution in [0.25, 0.3) is 0 Å². The smallest absolute Gasteiger partial charge is 0.342 e. The van der Waals surface area contributed by atoms with Crippen molar-refractivity contribution in [3.05, 3.63) is 29.8 Å². The number of hydrogen-bond donors (Lipinski definition) is 0. The Morgan fingerprint density at radius 1 is 1.19 bits per heavy atom. The van der Waals surface area contributed by atoms with Gasteiger partial charge in [0.2, 0.25) is 18.2 Å². The summed E-state index contributed by atoms with van der Waals surface area (Å²) in [4.78, 5) is 39.1. The zero-order valence-electron chi connectivity index (χ0n) is 14.3. The summed E-state index contributed by atoms with van der Waals surface area (Å²) in [6.45, 7) is 2.93. The van der Waals surface area contributed by atoms with Crippen LogP contribution < -0.4 is 4.90 Å². The predicted molar refractivity (Wildman–Crippen MR) is 88.3 cm³/mol. The van der Waals surface area contributed by atoms with E-state index in [9.17, 15) is 27.6 Å². The van der Waals surface area contributed by atoms with Crippen LogP contribution in [0.2, 0.25) is 0 Å². The fourth-order valence-electron chi connectivity index (χ4n) is 2.76. The van der Waals surface area contributed by atoms with E-state index in [1.807, 2.05) is 0 Å². The topological polar surface area (TPSA) is 60.9 Å². The van der Waals surface area contributed by atoms with Crippen molar-refractivity contribution in [3.63, 3.8) is 0 Å². The molecule has 1 aromatic rings. The monoisotopic (exact) mass is 371 g/mol. The molecule has 142 valence electrons. The van der Waals surface area contributed by atoms with Crippen LogP contribution in [0.3, 0.4) is 0 Å². The van der Waals surface area contributed by atoms with Crippen LogP contribution in [0.15, 0.2) is 24.3 Å². The van der Waals surface area contributed by atoms with Crippen molar-refractivity contribution in [3.8, 4) is 0 Å². The first-order chi connectivity index (χ1) is 12.2. The Hall–Kier alpha value is -2.58. The minimum atomic E-state index is -4.51. The van der Waals surface area contributed by atoms with E-state index in [4.69, 9.17) is 0 Å². The van der Waals surface area contributed by atoms with Crippen molar-refractivity contribution >= 4 is 23.9 Å². The van der Waals surface area contributed by atoms with Gasteiger partial charge < -0.3 is 14.7 Å². The molecule has 6 nitrogen and oxygen atoms in total. The Labute approximate surface area is 149 Å². The van der Waals surface area contributed by atoms with Gasteiger partial charge in [-0.1, -0.05) is 6.07 Å². The molecule has 9 heteroatoms. The number of anilines is 1. The van der Waals surface area contributed by atoms with E-state index >= 15 is 0 Å². The minimum absolute atomic E-state index is 0.00306. The summed E-state index contributed by atoms with van der Waals surface area (Å²) in [5.74, 6) is -0.642. The summed E-state index contributed by atoms with van der Waals surface area (Å²) < 4.78 is 38.6. The molecule has 1 fully saturated rings. The van der Waals surface area contributed by atoms with Gasteiger partial charge in [-0.15, -0.1) is 0 Å². The number of amides is 3. The average molecular weight is 371 g/mol. The quantitative estimate of drug-likeness (QED) is 0.741. The summed E-state index contributed by atoms with van der Waals surface area (Å²) in [6.07, 6.45) is -3.78. The second-order valence-electron chi connectivity index (χ2n) is 5.99. The summed E-state index contributed by atoms with van der Waals surface area (Å²) >= 11 is 0. The van der Waals surface area contributed by atoms with Gasteiger partial charge in [-0.25, -0.2) is 0 Å². The average Bonchev–Trinajstić information content (AvgIpc) is 2.61. The molecule has 2 rings (SSSR count). The van der Waals surface area contributed by atoms with Crippen molar-refractivity contribution < 1.29 is 27.6 Å². The Balaban J connectivity index is 2.02. The number of piperazine rings is 1. The first-order valence-corrected chi connectivity index (χ1v) is 8.15. The number of carbonyl (C=O) groups excluding carboxylic acids is 3. The van der Waals surface area contributed by atoms with Crippen LogP contribution in [0, 0.1) is 0 Å². The molecule has 0 radical (unpaired) electrons. The molecule has 1 aromatic carbocycles. The Morgan fingerprint density at radius 3 is 2.38 bits per heavy atom. The molecule has 0 spiro atoms. The molecule has 0 bridgehead atoms. The zero-order valence-corrected chi connectivity index (χ0v) is 14.3. The molecule has 1 heterocycles. The number of halogens is 3. The second-order valence-corrected chi connectivity index (χ2v) is 5.99. The third-order valence-corrected chi connectivity index (χ3v) is 4.23. The van der Waals surface area contributed by atoms with E-state index in [0.717, 1.165) is 23.4 Å². The molecule has 0 N–H and O–H groups in total. The van der Waals surface area contributed by atoms with Crippen LogP contribution in [0.4, 0.5) is 18.9 Å². The first kappa shape index (κ1) is 19.7. The van der Waals surface area contributed by atoms with Gasteiger partial charge in [-0.2, -0.15) is 13.2 Å². The third kappa shape index (κ3) is 4.96.